The van der Waals surface area contributed by atoms with E-state index in [2.05, 4.69) is 10.1 Å². The molecule has 0 aliphatic carbocycles. The number of ether oxygens (including phenoxy) is 1. The minimum atomic E-state index is -0.528. The zero-order valence-electron chi connectivity index (χ0n) is 11.5. The molecule has 1 atom stereocenters. The van der Waals surface area contributed by atoms with Gasteiger partial charge in [0.15, 0.2) is 0 Å². The van der Waals surface area contributed by atoms with Crippen LogP contribution in [-0.2, 0) is 10.3 Å². The highest BCUT2D eigenvalue weighted by molar-refractivity contribution is 6.37. The number of nitrogens with two attached hydrogens (primary N) is 1. The third-order valence-corrected chi connectivity index (χ3v) is 4.37. The predicted octanol–water partition coefficient (Wildman–Crippen LogP) is 4.04. The molecular formula is C14H15Cl2N3O2. The molecule has 2 heterocycles. The molecule has 3 rings (SSSR count). The minimum absolute atomic E-state index is 0.255. The summed E-state index contributed by atoms with van der Waals surface area (Å²) in [5, 5.41) is 4.85. The Morgan fingerprint density at radius 3 is 2.71 bits per heavy atom. The highest BCUT2D eigenvalue weighted by Crippen LogP contribution is 2.39. The SMILES string of the molecule is CC1(c2noc(-c3c(Cl)ccc(Cl)c3N)n2)CCCCO1. The molecule has 1 fully saturated rings. The van der Waals surface area contributed by atoms with E-state index < -0.39 is 5.60 Å². The van der Waals surface area contributed by atoms with E-state index in [0.29, 0.717) is 33.7 Å². The van der Waals surface area contributed by atoms with Crippen LogP contribution in [0.15, 0.2) is 16.7 Å². The molecular weight excluding hydrogens is 313 g/mol. The second-order valence-corrected chi connectivity index (χ2v) is 6.09. The van der Waals surface area contributed by atoms with Crippen molar-refractivity contribution in [2.45, 2.75) is 31.8 Å². The molecule has 0 saturated carbocycles. The molecule has 1 unspecified atom stereocenters. The van der Waals surface area contributed by atoms with Crippen LogP contribution in [0.4, 0.5) is 5.69 Å². The average Bonchev–Trinajstić information content (AvgIpc) is 2.95. The van der Waals surface area contributed by atoms with Crippen LogP contribution in [0, 0.1) is 0 Å². The fourth-order valence-corrected chi connectivity index (χ4v) is 2.84. The zero-order valence-corrected chi connectivity index (χ0v) is 13.0. The highest BCUT2D eigenvalue weighted by atomic mass is 35.5. The number of rotatable bonds is 2. The first kappa shape index (κ1) is 14.6. The van der Waals surface area contributed by atoms with E-state index in [-0.39, 0.29) is 5.89 Å². The topological polar surface area (TPSA) is 74.2 Å². The van der Waals surface area contributed by atoms with Crippen molar-refractivity contribution in [2.75, 3.05) is 12.3 Å². The van der Waals surface area contributed by atoms with Crippen LogP contribution in [-0.4, -0.2) is 16.7 Å². The monoisotopic (exact) mass is 327 g/mol. The van der Waals surface area contributed by atoms with Gasteiger partial charge in [-0.2, -0.15) is 4.98 Å². The van der Waals surface area contributed by atoms with Crippen molar-refractivity contribution in [3.8, 4) is 11.5 Å². The van der Waals surface area contributed by atoms with Gasteiger partial charge in [-0.1, -0.05) is 28.4 Å². The Morgan fingerprint density at radius 2 is 2.00 bits per heavy atom. The Bertz CT molecular complexity index is 666. The van der Waals surface area contributed by atoms with Gasteiger partial charge in [-0.3, -0.25) is 0 Å². The minimum Gasteiger partial charge on any atom is -0.397 e. The Balaban J connectivity index is 2.01. The first-order valence-electron chi connectivity index (χ1n) is 6.73. The van der Waals surface area contributed by atoms with Crippen molar-refractivity contribution in [3.05, 3.63) is 28.0 Å². The van der Waals surface area contributed by atoms with Crippen molar-refractivity contribution in [2.24, 2.45) is 0 Å². The molecule has 1 aliphatic rings. The van der Waals surface area contributed by atoms with E-state index in [4.69, 9.17) is 38.2 Å². The van der Waals surface area contributed by atoms with Gasteiger partial charge in [-0.05, 0) is 38.3 Å². The van der Waals surface area contributed by atoms with Crippen LogP contribution in [0.25, 0.3) is 11.5 Å². The number of nitrogens with zero attached hydrogens (tertiary/aromatic N) is 2. The first-order chi connectivity index (χ1) is 10.0. The summed E-state index contributed by atoms with van der Waals surface area (Å²) >= 11 is 12.2. The summed E-state index contributed by atoms with van der Waals surface area (Å²) in [5.74, 6) is 0.762. The Labute approximate surface area is 132 Å². The number of anilines is 1. The van der Waals surface area contributed by atoms with E-state index in [1.807, 2.05) is 6.92 Å². The number of aromatic nitrogens is 2. The number of hydrogen-bond acceptors (Lipinski definition) is 5. The van der Waals surface area contributed by atoms with Crippen LogP contribution < -0.4 is 5.73 Å². The van der Waals surface area contributed by atoms with Gasteiger partial charge in [0.25, 0.3) is 5.89 Å². The summed E-state index contributed by atoms with van der Waals surface area (Å²) in [6, 6.07) is 3.28. The molecule has 112 valence electrons. The maximum atomic E-state index is 6.17. The van der Waals surface area contributed by atoms with Gasteiger partial charge < -0.3 is 15.0 Å². The fourth-order valence-electron chi connectivity index (χ4n) is 2.44. The van der Waals surface area contributed by atoms with Crippen molar-refractivity contribution in [1.29, 1.82) is 0 Å². The summed E-state index contributed by atoms with van der Waals surface area (Å²) in [4.78, 5) is 4.41. The molecule has 1 saturated heterocycles. The first-order valence-corrected chi connectivity index (χ1v) is 7.49. The fraction of sp³-hybridized carbons (Fsp3) is 0.429. The highest BCUT2D eigenvalue weighted by Gasteiger charge is 2.35. The molecule has 2 N–H and O–H groups in total. The Hall–Kier alpha value is -1.30. The smallest absolute Gasteiger partial charge is 0.261 e. The predicted molar refractivity (Wildman–Crippen MR) is 81.3 cm³/mol. The molecule has 1 aliphatic heterocycles. The van der Waals surface area contributed by atoms with E-state index in [9.17, 15) is 0 Å². The quantitative estimate of drug-likeness (QED) is 0.842. The molecule has 7 heteroatoms. The lowest BCUT2D eigenvalue weighted by Crippen LogP contribution is -2.31. The summed E-state index contributed by atoms with van der Waals surface area (Å²) in [6.45, 7) is 2.66. The van der Waals surface area contributed by atoms with Gasteiger partial charge in [-0.25, -0.2) is 0 Å². The van der Waals surface area contributed by atoms with E-state index >= 15 is 0 Å². The van der Waals surface area contributed by atoms with Gasteiger partial charge >= 0.3 is 0 Å². The summed E-state index contributed by atoms with van der Waals surface area (Å²) in [5.41, 5.74) is 6.22. The van der Waals surface area contributed by atoms with Crippen molar-refractivity contribution in [1.82, 2.24) is 10.1 Å². The largest absolute Gasteiger partial charge is 0.397 e. The lowest BCUT2D eigenvalue weighted by Gasteiger charge is -2.30. The van der Waals surface area contributed by atoms with Gasteiger partial charge in [0, 0.05) is 6.61 Å². The van der Waals surface area contributed by atoms with Crippen molar-refractivity contribution >= 4 is 28.9 Å². The maximum absolute atomic E-state index is 6.17. The standard InChI is InChI=1S/C14H15Cl2N3O2/c1-14(6-2-3-7-20-14)13-18-12(21-19-13)10-8(15)4-5-9(16)11(10)17/h4-5H,2-3,6-7,17H2,1H3. The van der Waals surface area contributed by atoms with E-state index in [0.717, 1.165) is 19.3 Å². The normalized spacial score (nSPS) is 22.4. The van der Waals surface area contributed by atoms with Gasteiger partial charge in [0.1, 0.15) is 5.60 Å². The Kier molecular flexibility index (Phi) is 3.82. The maximum Gasteiger partial charge on any atom is 0.261 e. The van der Waals surface area contributed by atoms with Crippen LogP contribution >= 0.6 is 23.2 Å². The molecule has 0 amide bonds. The van der Waals surface area contributed by atoms with Crippen LogP contribution in [0.5, 0.6) is 0 Å². The average molecular weight is 328 g/mol. The Morgan fingerprint density at radius 1 is 1.24 bits per heavy atom. The third kappa shape index (κ3) is 2.61. The molecule has 0 bridgehead atoms. The number of benzene rings is 1. The molecule has 2 aromatic rings. The van der Waals surface area contributed by atoms with Crippen LogP contribution in [0.2, 0.25) is 10.0 Å². The van der Waals surface area contributed by atoms with Gasteiger partial charge in [-0.15, -0.1) is 0 Å². The van der Waals surface area contributed by atoms with Crippen LogP contribution in [0.3, 0.4) is 0 Å². The second kappa shape index (κ2) is 5.48. The zero-order chi connectivity index (χ0) is 15.0. The van der Waals surface area contributed by atoms with Gasteiger partial charge in [0.05, 0.1) is 21.3 Å². The molecule has 5 nitrogen and oxygen atoms in total. The molecule has 1 aromatic carbocycles. The molecule has 0 radical (unpaired) electrons. The molecule has 1 aromatic heterocycles. The third-order valence-electron chi connectivity index (χ3n) is 3.72. The molecule has 21 heavy (non-hydrogen) atoms. The lowest BCUT2D eigenvalue weighted by molar-refractivity contribution is -0.0770. The summed E-state index contributed by atoms with van der Waals surface area (Å²) in [6.07, 6.45) is 2.97. The van der Waals surface area contributed by atoms with Crippen molar-refractivity contribution < 1.29 is 9.26 Å². The van der Waals surface area contributed by atoms with E-state index in [1.54, 1.807) is 12.1 Å². The number of nitrogen functional groups attached to an aromatic ring is 1. The second-order valence-electron chi connectivity index (χ2n) is 5.28. The lowest BCUT2D eigenvalue weighted by atomic mass is 9.95. The van der Waals surface area contributed by atoms with Crippen LogP contribution in [0.1, 0.15) is 32.0 Å². The summed E-state index contributed by atoms with van der Waals surface area (Å²) in [7, 11) is 0. The van der Waals surface area contributed by atoms with Crippen molar-refractivity contribution in [3.63, 3.8) is 0 Å². The number of halogens is 2. The van der Waals surface area contributed by atoms with E-state index in [1.165, 1.54) is 0 Å². The molecule has 0 spiro atoms. The number of hydrogen-bond donors (Lipinski definition) is 1. The van der Waals surface area contributed by atoms with Gasteiger partial charge in [0.2, 0.25) is 5.82 Å². The summed E-state index contributed by atoms with van der Waals surface area (Å²) < 4.78 is 11.1.